The van der Waals surface area contributed by atoms with E-state index in [-0.39, 0.29) is 11.7 Å². The molecule has 0 saturated heterocycles. The normalized spacial score (nSPS) is 19.6. The molecule has 5 heteroatoms. The highest BCUT2D eigenvalue weighted by molar-refractivity contribution is 14.1. The van der Waals surface area contributed by atoms with Crippen LogP contribution in [0.4, 0.5) is 4.79 Å². The molecular formula is C15H28INO3. The molecule has 1 N–H and O–H groups in total. The minimum Gasteiger partial charge on any atom is -0.444 e. The van der Waals surface area contributed by atoms with Crippen LogP contribution in [-0.4, -0.2) is 34.9 Å². The lowest BCUT2D eigenvalue weighted by Crippen LogP contribution is -2.46. The number of rotatable bonds is 6. The summed E-state index contributed by atoms with van der Waals surface area (Å²) in [5.41, 5.74) is -0.782. The molecule has 0 bridgehead atoms. The number of ether oxygens (including phenoxy) is 2. The van der Waals surface area contributed by atoms with E-state index in [1.165, 1.54) is 25.7 Å². The molecule has 1 aliphatic rings. The lowest BCUT2D eigenvalue weighted by Gasteiger charge is -2.30. The van der Waals surface area contributed by atoms with Crippen molar-refractivity contribution in [2.45, 2.75) is 64.6 Å². The summed E-state index contributed by atoms with van der Waals surface area (Å²) in [6.45, 7) is 8.92. The van der Waals surface area contributed by atoms with Gasteiger partial charge in [-0.2, -0.15) is 0 Å². The van der Waals surface area contributed by atoms with Gasteiger partial charge in [0.25, 0.3) is 0 Å². The largest absolute Gasteiger partial charge is 0.444 e. The molecular weight excluding hydrogens is 369 g/mol. The Morgan fingerprint density at radius 1 is 1.25 bits per heavy atom. The van der Waals surface area contributed by atoms with E-state index in [1.807, 2.05) is 27.7 Å². The monoisotopic (exact) mass is 397 g/mol. The minimum absolute atomic E-state index is 0.319. The molecule has 1 saturated carbocycles. The van der Waals surface area contributed by atoms with Crippen molar-refractivity contribution in [2.75, 3.05) is 17.6 Å². The number of hydrogen-bond acceptors (Lipinski definition) is 3. The highest BCUT2D eigenvalue weighted by Crippen LogP contribution is 2.26. The highest BCUT2D eigenvalue weighted by Gasteiger charge is 2.28. The second-order valence-corrected chi connectivity index (χ2v) is 7.66. The van der Waals surface area contributed by atoms with E-state index >= 15 is 0 Å². The quantitative estimate of drug-likeness (QED) is 0.546. The van der Waals surface area contributed by atoms with Gasteiger partial charge in [0, 0.05) is 4.43 Å². The third-order valence-electron chi connectivity index (χ3n) is 3.43. The molecule has 1 rings (SSSR count). The van der Waals surface area contributed by atoms with Gasteiger partial charge in [-0.15, -0.1) is 0 Å². The van der Waals surface area contributed by atoms with Gasteiger partial charge in [-0.25, -0.2) is 4.79 Å². The van der Waals surface area contributed by atoms with Crippen LogP contribution in [-0.2, 0) is 9.47 Å². The fourth-order valence-electron chi connectivity index (χ4n) is 2.21. The second kappa shape index (κ2) is 7.82. The molecule has 1 unspecified atom stereocenters. The number of carbonyl (C=O) groups is 1. The predicted octanol–water partition coefficient (Wildman–Crippen LogP) is 3.91. The van der Waals surface area contributed by atoms with E-state index in [1.54, 1.807) is 0 Å². The average Bonchev–Trinajstić information content (AvgIpc) is 2.85. The summed E-state index contributed by atoms with van der Waals surface area (Å²) < 4.78 is 12.2. The predicted molar refractivity (Wildman–Crippen MR) is 89.4 cm³/mol. The van der Waals surface area contributed by atoms with Crippen molar-refractivity contribution >= 4 is 28.7 Å². The van der Waals surface area contributed by atoms with Crippen LogP contribution in [0, 0.1) is 5.92 Å². The van der Waals surface area contributed by atoms with Gasteiger partial charge in [-0.3, -0.25) is 0 Å². The summed E-state index contributed by atoms with van der Waals surface area (Å²) >= 11 is 2.31. The fourth-order valence-corrected chi connectivity index (χ4v) is 2.70. The minimum atomic E-state index is -0.463. The van der Waals surface area contributed by atoms with Crippen molar-refractivity contribution in [3.05, 3.63) is 0 Å². The van der Waals surface area contributed by atoms with Gasteiger partial charge < -0.3 is 14.8 Å². The molecule has 1 amide bonds. The molecule has 118 valence electrons. The topological polar surface area (TPSA) is 47.6 Å². The van der Waals surface area contributed by atoms with Crippen LogP contribution in [0.5, 0.6) is 0 Å². The van der Waals surface area contributed by atoms with Gasteiger partial charge in [-0.05, 0) is 46.5 Å². The van der Waals surface area contributed by atoms with E-state index in [0.717, 1.165) is 11.0 Å². The van der Waals surface area contributed by atoms with Crippen LogP contribution in [0.15, 0.2) is 0 Å². The van der Waals surface area contributed by atoms with Gasteiger partial charge in [0.05, 0.1) is 18.8 Å². The first kappa shape index (κ1) is 18.0. The van der Waals surface area contributed by atoms with Gasteiger partial charge in [-0.1, -0.05) is 35.4 Å². The maximum absolute atomic E-state index is 11.7. The van der Waals surface area contributed by atoms with Crippen molar-refractivity contribution in [3.8, 4) is 0 Å². The zero-order valence-corrected chi connectivity index (χ0v) is 15.3. The Bertz CT molecular complexity index is 311. The van der Waals surface area contributed by atoms with E-state index in [4.69, 9.17) is 9.47 Å². The molecule has 0 aromatic heterocycles. The van der Waals surface area contributed by atoms with Crippen LogP contribution in [0.3, 0.4) is 0 Å². The van der Waals surface area contributed by atoms with Crippen LogP contribution in [0.2, 0.25) is 0 Å². The maximum atomic E-state index is 11.7. The van der Waals surface area contributed by atoms with Crippen molar-refractivity contribution in [1.82, 2.24) is 5.32 Å². The zero-order chi connectivity index (χ0) is 15.2. The van der Waals surface area contributed by atoms with E-state index in [9.17, 15) is 4.79 Å². The first-order chi connectivity index (χ1) is 9.24. The van der Waals surface area contributed by atoms with Crippen molar-refractivity contribution in [2.24, 2.45) is 5.92 Å². The molecule has 0 heterocycles. The SMILES string of the molecule is CC(C)(C)OC(=O)NCC(C)(CI)OCC1CCCC1. The number of amides is 1. The number of alkyl halides is 1. The summed E-state index contributed by atoms with van der Waals surface area (Å²) in [7, 11) is 0. The van der Waals surface area contributed by atoms with Crippen molar-refractivity contribution < 1.29 is 14.3 Å². The summed E-state index contributed by atoms with van der Waals surface area (Å²) in [6, 6.07) is 0. The third-order valence-corrected chi connectivity index (χ3v) is 5.04. The third kappa shape index (κ3) is 7.11. The van der Waals surface area contributed by atoms with E-state index < -0.39 is 5.60 Å². The van der Waals surface area contributed by atoms with Gasteiger partial charge >= 0.3 is 6.09 Å². The van der Waals surface area contributed by atoms with Crippen molar-refractivity contribution in [1.29, 1.82) is 0 Å². The molecule has 20 heavy (non-hydrogen) atoms. The van der Waals surface area contributed by atoms with Crippen LogP contribution in [0.25, 0.3) is 0 Å². The Kier molecular flexibility index (Phi) is 7.04. The number of hydrogen-bond donors (Lipinski definition) is 1. The number of halogens is 1. The molecule has 0 aromatic rings. The first-order valence-electron chi connectivity index (χ1n) is 7.41. The van der Waals surface area contributed by atoms with Crippen LogP contribution < -0.4 is 5.32 Å². The molecule has 0 radical (unpaired) electrons. The smallest absolute Gasteiger partial charge is 0.407 e. The van der Waals surface area contributed by atoms with Crippen molar-refractivity contribution in [3.63, 3.8) is 0 Å². The fraction of sp³-hybridized carbons (Fsp3) is 0.933. The molecule has 4 nitrogen and oxygen atoms in total. The van der Waals surface area contributed by atoms with Gasteiger partial charge in [0.1, 0.15) is 5.60 Å². The number of alkyl carbamates (subject to hydrolysis) is 1. The maximum Gasteiger partial charge on any atom is 0.407 e. The van der Waals surface area contributed by atoms with Gasteiger partial charge in [0.2, 0.25) is 0 Å². The molecule has 1 atom stereocenters. The Balaban J connectivity index is 2.33. The molecule has 0 aromatic carbocycles. The Hall–Kier alpha value is -0.0400. The summed E-state index contributed by atoms with van der Waals surface area (Å²) in [5.74, 6) is 0.693. The summed E-state index contributed by atoms with van der Waals surface area (Å²) in [4.78, 5) is 11.7. The number of carbonyl (C=O) groups excluding carboxylic acids is 1. The first-order valence-corrected chi connectivity index (χ1v) is 8.93. The lowest BCUT2D eigenvalue weighted by atomic mass is 10.1. The summed E-state index contributed by atoms with van der Waals surface area (Å²) in [6.07, 6.45) is 4.82. The highest BCUT2D eigenvalue weighted by atomic mass is 127. The molecule has 1 fully saturated rings. The Labute approximate surface area is 136 Å². The van der Waals surface area contributed by atoms with Gasteiger partial charge in [0.15, 0.2) is 0 Å². The van der Waals surface area contributed by atoms with Crippen LogP contribution >= 0.6 is 22.6 Å². The van der Waals surface area contributed by atoms with Crippen LogP contribution in [0.1, 0.15) is 53.4 Å². The molecule has 0 spiro atoms. The average molecular weight is 397 g/mol. The van der Waals surface area contributed by atoms with E-state index in [0.29, 0.717) is 12.5 Å². The molecule has 1 aliphatic carbocycles. The second-order valence-electron chi connectivity index (χ2n) is 6.90. The zero-order valence-electron chi connectivity index (χ0n) is 13.1. The lowest BCUT2D eigenvalue weighted by molar-refractivity contribution is -0.0296. The Morgan fingerprint density at radius 2 is 1.85 bits per heavy atom. The van der Waals surface area contributed by atoms with E-state index in [2.05, 4.69) is 27.9 Å². The standard InChI is InChI=1S/C15H28INO3/c1-14(2,3)20-13(18)17-11-15(4,10-16)19-9-12-7-5-6-8-12/h12H,5-11H2,1-4H3,(H,17,18). The Morgan fingerprint density at radius 3 is 2.35 bits per heavy atom. The molecule has 0 aliphatic heterocycles. The number of nitrogens with one attached hydrogen (secondary N) is 1. The summed E-state index contributed by atoms with van der Waals surface area (Å²) in [5, 5.41) is 2.82.